The number of fused-ring (bicyclic) bond motifs is 2. The molecule has 6 rings (SSSR count). The minimum atomic E-state index is -0.644. The van der Waals surface area contributed by atoms with Crippen molar-refractivity contribution in [2.45, 2.75) is 52.4 Å². The van der Waals surface area contributed by atoms with Gasteiger partial charge in [-0.05, 0) is 81.0 Å². The molecule has 0 aliphatic rings. The molecular formula is C42H36N6NiO8. The normalized spacial score (nSPS) is 11.0. The summed E-state index contributed by atoms with van der Waals surface area (Å²) < 4.78 is 15.0. The van der Waals surface area contributed by atoms with Gasteiger partial charge in [-0.3, -0.25) is 40.2 Å². The molecule has 0 aliphatic heterocycles. The predicted molar refractivity (Wildman–Crippen MR) is 208 cm³/mol. The third kappa shape index (κ3) is 11.7. The maximum Gasteiger partial charge on any atom is 2.00 e. The van der Waals surface area contributed by atoms with Gasteiger partial charge in [0.15, 0.2) is 0 Å². The van der Waals surface area contributed by atoms with Crippen molar-refractivity contribution in [3.63, 3.8) is 0 Å². The summed E-state index contributed by atoms with van der Waals surface area (Å²) in [5, 5.41) is 49.2. The molecule has 0 spiro atoms. The fourth-order valence-electron chi connectivity index (χ4n) is 5.26. The van der Waals surface area contributed by atoms with Crippen molar-refractivity contribution >= 4 is 57.0 Å². The van der Waals surface area contributed by atoms with Crippen LogP contribution in [0.25, 0.3) is 21.8 Å². The van der Waals surface area contributed by atoms with Crippen LogP contribution in [0.5, 0.6) is 11.5 Å². The second-order valence-corrected chi connectivity index (χ2v) is 14.1. The van der Waals surface area contributed by atoms with E-state index in [0.717, 1.165) is 10.8 Å². The molecule has 57 heavy (non-hydrogen) atoms. The summed E-state index contributed by atoms with van der Waals surface area (Å²) in [6.45, 7) is 20.6. The summed E-state index contributed by atoms with van der Waals surface area (Å²) in [5.41, 5.74) is 2.89. The van der Waals surface area contributed by atoms with Gasteiger partial charge in [0.05, 0.1) is 32.3 Å². The molecule has 0 unspecified atom stereocenters. The van der Waals surface area contributed by atoms with Gasteiger partial charge in [0.25, 0.3) is 11.4 Å². The molecule has 15 heteroatoms. The molecule has 0 aliphatic carbocycles. The zero-order valence-corrected chi connectivity index (χ0v) is 32.6. The van der Waals surface area contributed by atoms with Crippen molar-refractivity contribution in [3.05, 3.63) is 153 Å². The first kappa shape index (κ1) is 46.6. The van der Waals surface area contributed by atoms with E-state index in [1.165, 1.54) is 24.6 Å². The van der Waals surface area contributed by atoms with E-state index in [2.05, 4.69) is 33.3 Å². The molecule has 6 aromatic rings. The van der Waals surface area contributed by atoms with Crippen LogP contribution in [0.2, 0.25) is 0 Å². The van der Waals surface area contributed by atoms with Gasteiger partial charge in [0, 0.05) is 47.7 Å². The fourth-order valence-corrected chi connectivity index (χ4v) is 5.26. The average Bonchev–Trinajstić information content (AvgIpc) is 3.17. The number of para-hydroxylation sites is 2. The van der Waals surface area contributed by atoms with Gasteiger partial charge in [0.1, 0.15) is 0 Å². The second kappa shape index (κ2) is 20.4. The largest absolute Gasteiger partial charge is 2.00 e. The van der Waals surface area contributed by atoms with E-state index < -0.39 is 32.7 Å². The molecule has 0 fully saturated rings. The Labute approximate surface area is 338 Å². The van der Waals surface area contributed by atoms with Gasteiger partial charge in [-0.25, -0.2) is 0 Å². The van der Waals surface area contributed by atoms with Crippen LogP contribution in [0.3, 0.4) is 0 Å². The van der Waals surface area contributed by atoms with Gasteiger partial charge < -0.3 is 10.2 Å². The molecule has 2 aromatic heterocycles. The number of aliphatic imine (C=N–C) groups is 2. The van der Waals surface area contributed by atoms with E-state index in [1.807, 2.05) is 90.1 Å². The summed E-state index contributed by atoms with van der Waals surface area (Å²) in [4.78, 5) is 38.6. The average molecular weight is 811 g/mol. The topological polar surface area (TPSA) is 223 Å². The van der Waals surface area contributed by atoms with Gasteiger partial charge in [-0.1, -0.05) is 77.9 Å². The van der Waals surface area contributed by atoms with Crippen LogP contribution in [0.4, 0.5) is 22.7 Å². The van der Waals surface area contributed by atoms with E-state index in [1.54, 1.807) is 36.7 Å². The van der Waals surface area contributed by atoms with Crippen LogP contribution >= 0.6 is 0 Å². The van der Waals surface area contributed by atoms with Gasteiger partial charge >= 0.3 is 39.1 Å². The van der Waals surface area contributed by atoms with Crippen LogP contribution in [0, 0.1) is 33.5 Å². The van der Waals surface area contributed by atoms with Crippen molar-refractivity contribution in [1.29, 1.82) is 0 Å². The molecule has 0 radical (unpaired) electrons. The Bertz CT molecular complexity index is 2300. The van der Waals surface area contributed by atoms with Crippen molar-refractivity contribution in [2.75, 3.05) is 0 Å². The molecule has 0 saturated heterocycles. The number of nitro benzene ring substituents is 2. The molecule has 0 N–H and O–H groups in total. The maximum atomic E-state index is 12.4. The van der Waals surface area contributed by atoms with Gasteiger partial charge in [0.2, 0.25) is 0 Å². The summed E-state index contributed by atoms with van der Waals surface area (Å²) in [6.07, 6.45) is 6.11. The van der Waals surface area contributed by atoms with E-state index >= 15 is 0 Å². The van der Waals surface area contributed by atoms with Gasteiger partial charge in [-0.2, -0.15) is 0 Å². The summed E-state index contributed by atoms with van der Waals surface area (Å²) in [6, 6.07) is 24.7. The minimum Gasteiger partial charge on any atom is 2.00 e. The second-order valence-electron chi connectivity index (χ2n) is 14.1. The molecule has 4 aromatic carbocycles. The zero-order chi connectivity index (χ0) is 41.8. The summed E-state index contributed by atoms with van der Waals surface area (Å²) in [7, 11) is 0. The molecule has 0 amide bonds. The number of benzene rings is 4. The predicted octanol–water partition coefficient (Wildman–Crippen LogP) is 8.45. The molecule has 0 saturated carbocycles. The Hall–Kier alpha value is -6.59. The van der Waals surface area contributed by atoms with Crippen LogP contribution in [-0.4, -0.2) is 32.2 Å². The Kier molecular flexibility index (Phi) is 16.6. The Balaban J connectivity index is 0.000000356. The Morgan fingerprint density at radius 1 is 0.596 bits per heavy atom. The first-order valence-electron chi connectivity index (χ1n) is 16.7. The van der Waals surface area contributed by atoms with Crippen LogP contribution in [0.15, 0.2) is 107 Å². The monoisotopic (exact) mass is 810 g/mol. The Morgan fingerprint density at radius 3 is 1.25 bits per heavy atom. The minimum absolute atomic E-state index is 0. The van der Waals surface area contributed by atoms with E-state index in [-0.39, 0.29) is 38.4 Å². The number of hydrogen-bond acceptors (Lipinski definition) is 10. The number of rotatable bonds is 6. The van der Waals surface area contributed by atoms with Gasteiger partial charge in [-0.15, -0.1) is 0 Å². The SMILES string of the molecule is CC(C)(C)c1cc(C=Nc2cccc3cccnc23)c([O-])c([N+](=O)[O-])c1.CC(C)(C)c1cc(C=Nc2cccc3cccnc23)c([O-])c([N+](=O)[O-])c1.[C-]#[O+].[C-]#[O+].[Ni+2]. The van der Waals surface area contributed by atoms with Crippen LogP contribution in [0.1, 0.15) is 63.8 Å². The zero-order valence-electron chi connectivity index (χ0n) is 31.7. The quantitative estimate of drug-likeness (QED) is 0.0395. The number of nitro groups is 2. The third-order valence-corrected chi connectivity index (χ3v) is 8.23. The van der Waals surface area contributed by atoms with Crippen LogP contribution < -0.4 is 10.2 Å². The first-order chi connectivity index (χ1) is 26.5. The first-order valence-corrected chi connectivity index (χ1v) is 16.7. The Morgan fingerprint density at radius 2 is 0.930 bits per heavy atom. The molecule has 2 heterocycles. The van der Waals surface area contributed by atoms with E-state index in [4.69, 9.17) is 9.30 Å². The fraction of sp³-hybridized carbons (Fsp3) is 0.190. The van der Waals surface area contributed by atoms with Crippen molar-refractivity contribution in [2.24, 2.45) is 9.98 Å². The molecule has 292 valence electrons. The molecule has 0 atom stereocenters. The summed E-state index contributed by atoms with van der Waals surface area (Å²) >= 11 is 0. The van der Waals surface area contributed by atoms with E-state index in [0.29, 0.717) is 33.5 Å². The maximum absolute atomic E-state index is 12.4. The summed E-state index contributed by atoms with van der Waals surface area (Å²) in [5.74, 6) is -1.28. The number of pyridine rings is 2. The molecular weight excluding hydrogens is 775 g/mol. The number of nitrogens with zero attached hydrogens (tertiary/aromatic N) is 6. The number of aromatic nitrogens is 2. The third-order valence-electron chi connectivity index (χ3n) is 8.23. The molecule has 14 nitrogen and oxygen atoms in total. The van der Waals surface area contributed by atoms with Crippen molar-refractivity contribution in [1.82, 2.24) is 9.97 Å². The molecule has 0 bridgehead atoms. The van der Waals surface area contributed by atoms with Crippen molar-refractivity contribution < 1.29 is 45.9 Å². The standard InChI is InChI=1S/2C20H19N3O3.2CO.Ni/c2*1-20(2,3)15-10-14(19(24)17(11-15)23(25)26)12-22-16-8-4-6-13-7-5-9-21-18(13)16;2*1-2;/h2*4-12,24H,1-3H3;;;/q;;;;+2/p-2. The smallest absolute Gasteiger partial charge is 2.00 e. The van der Waals surface area contributed by atoms with Crippen LogP contribution in [-0.2, 0) is 36.6 Å². The number of hydrogen-bond donors (Lipinski definition) is 0. The van der Waals surface area contributed by atoms with Crippen molar-refractivity contribution in [3.8, 4) is 11.5 Å². The van der Waals surface area contributed by atoms with E-state index in [9.17, 15) is 30.4 Å².